The molecule has 4 rings (SSSR count). The summed E-state index contributed by atoms with van der Waals surface area (Å²) in [6, 6.07) is 2.03. The van der Waals surface area contributed by atoms with Crippen molar-refractivity contribution in [3.63, 3.8) is 0 Å². The quantitative estimate of drug-likeness (QED) is 0.906. The van der Waals surface area contributed by atoms with Crippen molar-refractivity contribution >= 4 is 5.82 Å². The van der Waals surface area contributed by atoms with Crippen LogP contribution in [-0.2, 0) is 12.8 Å². The van der Waals surface area contributed by atoms with E-state index in [4.69, 9.17) is 0 Å². The molecule has 2 N–H and O–H groups in total. The molecule has 0 aliphatic heterocycles. The van der Waals surface area contributed by atoms with Crippen LogP contribution in [0.15, 0.2) is 10.9 Å². The summed E-state index contributed by atoms with van der Waals surface area (Å²) < 4.78 is 0. The molecular formula is C17H21N5O. The molecule has 0 spiro atoms. The Morgan fingerprint density at radius 3 is 2.78 bits per heavy atom. The van der Waals surface area contributed by atoms with Crippen LogP contribution in [-0.4, -0.2) is 26.0 Å². The van der Waals surface area contributed by atoms with Crippen LogP contribution in [0.3, 0.4) is 0 Å². The fraction of sp³-hybridized carbons (Fsp3) is 0.529. The summed E-state index contributed by atoms with van der Waals surface area (Å²) in [5.41, 5.74) is 3.36. The number of anilines is 1. The second-order valence-corrected chi connectivity index (χ2v) is 6.66. The number of H-pyrrole nitrogens is 1. The highest BCUT2D eigenvalue weighted by Crippen LogP contribution is 2.38. The predicted molar refractivity (Wildman–Crippen MR) is 87.8 cm³/mol. The molecule has 2 aromatic rings. The van der Waals surface area contributed by atoms with Crippen LogP contribution in [0, 0.1) is 13.8 Å². The summed E-state index contributed by atoms with van der Waals surface area (Å²) in [5.74, 6) is 2.91. The monoisotopic (exact) mass is 311 g/mol. The summed E-state index contributed by atoms with van der Waals surface area (Å²) in [7, 11) is 0. The summed E-state index contributed by atoms with van der Waals surface area (Å²) in [6.45, 7) is 3.78. The van der Waals surface area contributed by atoms with Crippen LogP contribution in [0.25, 0.3) is 0 Å². The molecule has 2 heterocycles. The van der Waals surface area contributed by atoms with Crippen molar-refractivity contribution < 1.29 is 0 Å². The summed E-state index contributed by atoms with van der Waals surface area (Å²) in [6.07, 6.45) is 5.30. The highest BCUT2D eigenvalue weighted by molar-refractivity contribution is 5.50. The Bertz CT molecular complexity index is 807. The Morgan fingerprint density at radius 2 is 2.00 bits per heavy atom. The average molecular weight is 311 g/mol. The van der Waals surface area contributed by atoms with Crippen LogP contribution in [0.4, 0.5) is 5.82 Å². The predicted octanol–water partition coefficient (Wildman–Crippen LogP) is 2.02. The first-order chi connectivity index (χ1) is 11.1. The lowest BCUT2D eigenvalue weighted by molar-refractivity contribution is 0.365. The fourth-order valence-corrected chi connectivity index (χ4v) is 3.66. The smallest absolute Gasteiger partial charge is 0.251 e. The van der Waals surface area contributed by atoms with Gasteiger partial charge in [0.15, 0.2) is 0 Å². The van der Waals surface area contributed by atoms with Gasteiger partial charge in [-0.25, -0.2) is 15.0 Å². The normalized spacial score (nSPS) is 22.5. The van der Waals surface area contributed by atoms with E-state index in [1.165, 1.54) is 17.7 Å². The van der Waals surface area contributed by atoms with Gasteiger partial charge in [0.2, 0.25) is 0 Å². The number of aromatic amines is 1. The number of aromatic nitrogens is 4. The van der Waals surface area contributed by atoms with Crippen molar-refractivity contribution in [3.05, 3.63) is 45.0 Å². The van der Waals surface area contributed by atoms with Crippen LogP contribution in [0.1, 0.15) is 53.8 Å². The zero-order valence-electron chi connectivity index (χ0n) is 13.5. The molecule has 0 atom stereocenters. The van der Waals surface area contributed by atoms with E-state index in [9.17, 15) is 4.79 Å². The molecular weight excluding hydrogens is 290 g/mol. The molecule has 0 bridgehead atoms. The second kappa shape index (κ2) is 5.44. The van der Waals surface area contributed by atoms with Gasteiger partial charge in [-0.05, 0) is 46.0 Å². The van der Waals surface area contributed by atoms with Crippen molar-refractivity contribution in [2.24, 2.45) is 0 Å². The van der Waals surface area contributed by atoms with Crippen LogP contribution in [0.5, 0.6) is 0 Å². The molecule has 0 unspecified atom stereocenters. The van der Waals surface area contributed by atoms with Crippen molar-refractivity contribution in [1.82, 2.24) is 19.9 Å². The Kier molecular flexibility index (Phi) is 3.39. The highest BCUT2D eigenvalue weighted by Gasteiger charge is 2.33. The minimum absolute atomic E-state index is 0.0619. The van der Waals surface area contributed by atoms with Crippen LogP contribution >= 0.6 is 0 Å². The van der Waals surface area contributed by atoms with Gasteiger partial charge in [0.25, 0.3) is 5.56 Å². The molecule has 0 amide bonds. The average Bonchev–Trinajstić information content (AvgIpc) is 2.89. The molecule has 2 aromatic heterocycles. The van der Waals surface area contributed by atoms with Gasteiger partial charge in [-0.3, -0.25) is 4.79 Å². The molecule has 23 heavy (non-hydrogen) atoms. The number of aryl methyl sites for hydroxylation is 3. The third-order valence-corrected chi connectivity index (χ3v) is 4.82. The third-order valence-electron chi connectivity index (χ3n) is 4.82. The summed E-state index contributed by atoms with van der Waals surface area (Å²) in [4.78, 5) is 27.9. The van der Waals surface area contributed by atoms with Gasteiger partial charge >= 0.3 is 0 Å². The number of rotatable bonds is 3. The fourth-order valence-electron chi connectivity index (χ4n) is 3.66. The largest absolute Gasteiger partial charge is 0.367 e. The van der Waals surface area contributed by atoms with Crippen molar-refractivity contribution in [3.8, 4) is 0 Å². The van der Waals surface area contributed by atoms with Crippen molar-refractivity contribution in [1.29, 1.82) is 0 Å². The van der Waals surface area contributed by atoms with Gasteiger partial charge in [-0.1, -0.05) is 0 Å². The van der Waals surface area contributed by atoms with E-state index >= 15 is 0 Å². The van der Waals surface area contributed by atoms with Crippen molar-refractivity contribution in [2.45, 2.75) is 57.9 Å². The van der Waals surface area contributed by atoms with E-state index < -0.39 is 0 Å². The number of nitrogens with one attached hydrogen (secondary N) is 2. The van der Waals surface area contributed by atoms with Gasteiger partial charge in [0, 0.05) is 29.3 Å². The maximum atomic E-state index is 11.6. The first-order valence-corrected chi connectivity index (χ1v) is 8.29. The zero-order valence-corrected chi connectivity index (χ0v) is 13.5. The number of hydrogen-bond acceptors (Lipinski definition) is 5. The summed E-state index contributed by atoms with van der Waals surface area (Å²) >= 11 is 0. The molecule has 0 aromatic carbocycles. The molecule has 1 fully saturated rings. The van der Waals surface area contributed by atoms with E-state index in [-0.39, 0.29) is 5.56 Å². The lowest BCUT2D eigenvalue weighted by atomic mass is 9.78. The van der Waals surface area contributed by atoms with E-state index in [2.05, 4.69) is 25.3 Å². The van der Waals surface area contributed by atoms with Gasteiger partial charge in [0.1, 0.15) is 17.5 Å². The van der Waals surface area contributed by atoms with E-state index in [0.717, 1.165) is 43.0 Å². The molecule has 2 aliphatic carbocycles. The Hall–Kier alpha value is -2.24. The summed E-state index contributed by atoms with van der Waals surface area (Å²) in [5, 5.41) is 3.58. The van der Waals surface area contributed by atoms with Gasteiger partial charge < -0.3 is 10.3 Å². The Morgan fingerprint density at radius 1 is 1.17 bits per heavy atom. The highest BCUT2D eigenvalue weighted by atomic mass is 16.1. The Balaban J connectivity index is 1.46. The molecule has 2 aliphatic rings. The Labute approximate surface area is 134 Å². The number of hydrogen-bond donors (Lipinski definition) is 2. The standard InChI is InChI=1S/C17H21N5O/c1-9-19-15(8-16(23)20-9)11-6-12(7-11)22-17-13-4-3-5-14(13)18-10(2)21-17/h8,11-12H,3-7H2,1-2H3,(H,18,21,22)(H,19,20,23). The maximum Gasteiger partial charge on any atom is 0.251 e. The lowest BCUT2D eigenvalue weighted by Crippen LogP contribution is -2.35. The van der Waals surface area contributed by atoms with Gasteiger partial charge in [-0.15, -0.1) is 0 Å². The molecule has 0 saturated heterocycles. The third kappa shape index (κ3) is 2.73. The first kappa shape index (κ1) is 14.4. The van der Waals surface area contributed by atoms with E-state index in [1.807, 2.05) is 13.8 Å². The molecule has 120 valence electrons. The van der Waals surface area contributed by atoms with Gasteiger partial charge in [0.05, 0.1) is 5.69 Å². The topological polar surface area (TPSA) is 83.6 Å². The molecule has 6 heteroatoms. The van der Waals surface area contributed by atoms with Crippen LogP contribution in [0.2, 0.25) is 0 Å². The first-order valence-electron chi connectivity index (χ1n) is 8.29. The van der Waals surface area contributed by atoms with E-state index in [0.29, 0.717) is 17.8 Å². The number of fused-ring (bicyclic) bond motifs is 1. The van der Waals surface area contributed by atoms with E-state index in [1.54, 1.807) is 6.07 Å². The molecule has 1 saturated carbocycles. The lowest BCUT2D eigenvalue weighted by Gasteiger charge is -2.36. The number of nitrogens with zero attached hydrogens (tertiary/aromatic N) is 3. The van der Waals surface area contributed by atoms with Crippen molar-refractivity contribution in [2.75, 3.05) is 5.32 Å². The minimum Gasteiger partial charge on any atom is -0.367 e. The van der Waals surface area contributed by atoms with Gasteiger partial charge in [-0.2, -0.15) is 0 Å². The SMILES string of the molecule is Cc1nc2c(c(NC3CC(c4cc(=O)[nH]c(C)n4)C3)n1)CCC2. The zero-order chi connectivity index (χ0) is 16.0. The second-order valence-electron chi connectivity index (χ2n) is 6.66. The maximum absolute atomic E-state index is 11.6. The molecule has 0 radical (unpaired) electrons. The van der Waals surface area contributed by atoms with Crippen LogP contribution < -0.4 is 10.9 Å². The molecule has 6 nitrogen and oxygen atoms in total. The minimum atomic E-state index is -0.0619.